The quantitative estimate of drug-likeness (QED) is 0.156. The van der Waals surface area contributed by atoms with Gasteiger partial charge in [0, 0.05) is 5.02 Å². The molecule has 1 unspecified atom stereocenters. The Morgan fingerprint density at radius 3 is 2.29 bits per heavy atom. The van der Waals surface area contributed by atoms with E-state index >= 15 is 0 Å². The number of carboxylic acid groups (broad SMARTS) is 1. The van der Waals surface area contributed by atoms with Crippen LogP contribution in [0.25, 0.3) is 0 Å². The predicted octanol–water partition coefficient (Wildman–Crippen LogP) is 9.51. The van der Waals surface area contributed by atoms with Crippen LogP contribution in [0.15, 0.2) is 36.4 Å². The number of carboxylic acids is 1. The molecule has 0 aliphatic heterocycles. The third-order valence-electron chi connectivity index (χ3n) is 16.4. The van der Waals surface area contributed by atoms with Gasteiger partial charge in [-0.1, -0.05) is 78.8 Å². The first kappa shape index (κ1) is 38.8. The summed E-state index contributed by atoms with van der Waals surface area (Å²) >= 11 is 6.09. The third-order valence-corrected chi connectivity index (χ3v) is 16.7. The van der Waals surface area contributed by atoms with Crippen molar-refractivity contribution >= 4 is 23.5 Å². The molecule has 1 aromatic rings. The average molecular weight is 724 g/mol. The van der Waals surface area contributed by atoms with Crippen LogP contribution in [0.4, 0.5) is 0 Å². The lowest BCUT2D eigenvalue weighted by atomic mass is 9.32. The van der Waals surface area contributed by atoms with Gasteiger partial charge in [-0.3, -0.25) is 4.79 Å². The Hall–Kier alpha value is -1.89. The van der Waals surface area contributed by atoms with E-state index in [0.717, 1.165) is 81.2 Å². The van der Waals surface area contributed by atoms with Crippen molar-refractivity contribution < 1.29 is 24.5 Å². The summed E-state index contributed by atoms with van der Waals surface area (Å²) in [5.41, 5.74) is 1.91. The number of fused-ring (bicyclic) bond motifs is 7. The van der Waals surface area contributed by atoms with Crippen molar-refractivity contribution in [3.63, 3.8) is 0 Å². The molecule has 0 bridgehead atoms. The second kappa shape index (κ2) is 14.1. The van der Waals surface area contributed by atoms with Crippen LogP contribution < -0.4 is 5.32 Å². The average Bonchev–Trinajstić information content (AvgIpc) is 3.47. The Balaban J connectivity index is 1.29. The monoisotopic (exact) mass is 723 g/mol. The maximum Gasteiger partial charge on any atom is 0.326 e. The minimum absolute atomic E-state index is 0.0427. The Labute approximate surface area is 312 Å². The van der Waals surface area contributed by atoms with Gasteiger partial charge in [0.15, 0.2) is 0 Å². The summed E-state index contributed by atoms with van der Waals surface area (Å²) in [5.74, 6) is 0.827. The minimum atomic E-state index is -0.947. The van der Waals surface area contributed by atoms with E-state index in [1.54, 1.807) is 0 Å². The highest BCUT2D eigenvalue weighted by atomic mass is 35.5. The summed E-state index contributed by atoms with van der Waals surface area (Å²) in [5, 5.41) is 25.1. The molecule has 5 aliphatic rings. The number of amides is 1. The van der Waals surface area contributed by atoms with Crippen molar-refractivity contribution in [1.82, 2.24) is 5.32 Å². The van der Waals surface area contributed by atoms with Gasteiger partial charge in [0.05, 0.1) is 24.7 Å². The van der Waals surface area contributed by atoms with Crippen LogP contribution in [-0.4, -0.2) is 47.4 Å². The van der Waals surface area contributed by atoms with E-state index in [9.17, 15) is 19.8 Å². The van der Waals surface area contributed by atoms with Crippen LogP contribution in [0.1, 0.15) is 125 Å². The standard InChI is InChI=1S/C44H66ClNO5/c1-27(2)25-33(38(48)49)46-39(50)44-21-15-31(28(3)26-51-24-18-29-9-11-30(45)12-10-29)37(44)32-13-14-35-41(6)19-17-36(47)40(4,5)34(41)16-20-43(35,8)42(32,7)22-23-44/h9-12,27,31-37,47H,3,13-26H2,1-2,4-8H3,(H,46,50)(H,48,49)/t31-,32+,33?,34-,35+,36-,37+,41-,42+,43+,44-/m0/s1. The fraction of sp³-hybridized carbons (Fsp3) is 0.773. The molecule has 7 heteroatoms. The molecule has 1 amide bonds. The van der Waals surface area contributed by atoms with E-state index in [2.05, 4.69) is 46.5 Å². The van der Waals surface area contributed by atoms with Gasteiger partial charge in [-0.05, 0) is 157 Å². The van der Waals surface area contributed by atoms with Crippen molar-refractivity contribution in [3.8, 4) is 0 Å². The van der Waals surface area contributed by atoms with Gasteiger partial charge in [0.25, 0.3) is 0 Å². The van der Waals surface area contributed by atoms with Gasteiger partial charge in [0.1, 0.15) is 6.04 Å². The normalized spacial score (nSPS) is 40.4. The van der Waals surface area contributed by atoms with Crippen LogP contribution in [0, 0.1) is 62.6 Å². The maximum absolute atomic E-state index is 14.7. The van der Waals surface area contributed by atoms with Gasteiger partial charge in [-0.15, -0.1) is 0 Å². The third kappa shape index (κ3) is 6.43. The van der Waals surface area contributed by atoms with Crippen LogP contribution in [0.5, 0.6) is 0 Å². The lowest BCUT2D eigenvalue weighted by Gasteiger charge is -2.72. The molecule has 3 N–H and O–H groups in total. The number of hydrogen-bond acceptors (Lipinski definition) is 4. The molecule has 0 spiro atoms. The lowest BCUT2D eigenvalue weighted by molar-refractivity contribution is -0.246. The molecule has 5 saturated carbocycles. The van der Waals surface area contributed by atoms with Crippen molar-refractivity contribution in [3.05, 3.63) is 47.0 Å². The number of aliphatic carboxylic acids is 1. The van der Waals surface area contributed by atoms with Crippen LogP contribution in [-0.2, 0) is 20.7 Å². The number of aliphatic hydroxyl groups excluding tert-OH is 1. The van der Waals surface area contributed by atoms with Crippen molar-refractivity contribution in [1.29, 1.82) is 0 Å². The Bertz CT molecular complexity index is 1470. The van der Waals surface area contributed by atoms with E-state index in [1.807, 2.05) is 38.1 Å². The number of benzene rings is 1. The van der Waals surface area contributed by atoms with Gasteiger partial charge < -0.3 is 20.3 Å². The number of aliphatic hydroxyl groups is 1. The highest BCUT2D eigenvalue weighted by Gasteiger charge is 2.72. The van der Waals surface area contributed by atoms with Gasteiger partial charge >= 0.3 is 5.97 Å². The zero-order chi connectivity index (χ0) is 37.1. The largest absolute Gasteiger partial charge is 0.480 e. The summed E-state index contributed by atoms with van der Waals surface area (Å²) in [6.07, 6.45) is 10.9. The molecule has 0 aromatic heterocycles. The smallest absolute Gasteiger partial charge is 0.326 e. The SMILES string of the molecule is C=C(COCCc1ccc(Cl)cc1)[C@@H]1CC[C@]2(C(=O)NC(CC(C)C)C(=O)O)CC[C@]3(C)[C@H](CC[C@@H]4[C@@]5(C)CC[C@H](O)C(C)(C)[C@@H]5CC[C@]43C)[C@@H]12. The number of ether oxygens (including phenoxy) is 1. The molecule has 5 aliphatic carbocycles. The van der Waals surface area contributed by atoms with Crippen LogP contribution in [0.2, 0.25) is 5.02 Å². The molecule has 284 valence electrons. The summed E-state index contributed by atoms with van der Waals surface area (Å²) in [7, 11) is 0. The van der Waals surface area contributed by atoms with Gasteiger partial charge in [0.2, 0.25) is 5.91 Å². The second-order valence-corrected chi connectivity index (χ2v) is 19.9. The van der Waals surface area contributed by atoms with E-state index in [4.69, 9.17) is 16.3 Å². The summed E-state index contributed by atoms with van der Waals surface area (Å²) in [6, 6.07) is 7.02. The Kier molecular flexibility index (Phi) is 10.7. The molecule has 6 rings (SSSR count). The van der Waals surface area contributed by atoms with Gasteiger partial charge in [-0.2, -0.15) is 0 Å². The zero-order valence-corrected chi connectivity index (χ0v) is 33.3. The number of hydrogen-bond donors (Lipinski definition) is 3. The number of rotatable bonds is 11. The van der Waals surface area contributed by atoms with E-state index in [-0.39, 0.29) is 51.4 Å². The first-order chi connectivity index (χ1) is 23.9. The molecular formula is C44H66ClNO5. The highest BCUT2D eigenvalue weighted by Crippen LogP contribution is 2.77. The van der Waals surface area contributed by atoms with Crippen molar-refractivity contribution in [2.24, 2.45) is 62.6 Å². The molecule has 51 heavy (non-hydrogen) atoms. The zero-order valence-electron chi connectivity index (χ0n) is 32.5. The fourth-order valence-corrected chi connectivity index (χ4v) is 13.7. The molecule has 0 heterocycles. The summed E-state index contributed by atoms with van der Waals surface area (Å²) in [6.45, 7) is 22.1. The maximum atomic E-state index is 14.7. The summed E-state index contributed by atoms with van der Waals surface area (Å²) in [4.78, 5) is 27.1. The lowest BCUT2D eigenvalue weighted by Crippen LogP contribution is -2.67. The first-order valence-corrected chi connectivity index (χ1v) is 20.5. The minimum Gasteiger partial charge on any atom is -0.480 e. The van der Waals surface area contributed by atoms with Crippen LogP contribution in [0.3, 0.4) is 0 Å². The molecule has 1 aromatic carbocycles. The molecule has 5 fully saturated rings. The van der Waals surface area contributed by atoms with Crippen molar-refractivity contribution in [2.45, 2.75) is 138 Å². The second-order valence-electron chi connectivity index (χ2n) is 19.5. The van der Waals surface area contributed by atoms with Crippen molar-refractivity contribution in [2.75, 3.05) is 13.2 Å². The fourth-order valence-electron chi connectivity index (χ4n) is 13.6. The molecule has 6 nitrogen and oxygen atoms in total. The molecule has 0 saturated heterocycles. The Morgan fingerprint density at radius 2 is 1.63 bits per heavy atom. The molecule has 11 atom stereocenters. The number of nitrogens with one attached hydrogen (secondary N) is 1. The first-order valence-electron chi connectivity index (χ1n) is 20.1. The topological polar surface area (TPSA) is 95.9 Å². The molecular weight excluding hydrogens is 658 g/mol. The van der Waals surface area contributed by atoms with E-state index in [0.29, 0.717) is 37.4 Å². The number of carbonyl (C=O) groups is 2. The van der Waals surface area contributed by atoms with E-state index < -0.39 is 17.4 Å². The summed E-state index contributed by atoms with van der Waals surface area (Å²) < 4.78 is 6.29. The Morgan fingerprint density at radius 1 is 0.922 bits per heavy atom. The molecule has 0 radical (unpaired) electrons. The van der Waals surface area contributed by atoms with E-state index in [1.165, 1.54) is 5.56 Å². The highest BCUT2D eigenvalue weighted by molar-refractivity contribution is 6.30. The predicted molar refractivity (Wildman–Crippen MR) is 204 cm³/mol. The number of halogens is 1. The van der Waals surface area contributed by atoms with Gasteiger partial charge in [-0.25, -0.2) is 4.79 Å². The van der Waals surface area contributed by atoms with Crippen LogP contribution >= 0.6 is 11.6 Å². The number of carbonyl (C=O) groups excluding carboxylic acids is 1.